The van der Waals surface area contributed by atoms with Crippen molar-refractivity contribution in [3.63, 3.8) is 0 Å². The Kier molecular flexibility index (Phi) is 5.33. The van der Waals surface area contributed by atoms with Gasteiger partial charge in [0.05, 0.1) is 0 Å². The van der Waals surface area contributed by atoms with Crippen LogP contribution in [0.2, 0.25) is 0 Å². The predicted molar refractivity (Wildman–Crippen MR) is 83.1 cm³/mol. The van der Waals surface area contributed by atoms with Crippen LogP contribution in [0.4, 0.5) is 10.1 Å². The molecule has 2 N–H and O–H groups in total. The lowest BCUT2D eigenvalue weighted by Gasteiger charge is -2.06. The molecule has 0 bridgehead atoms. The summed E-state index contributed by atoms with van der Waals surface area (Å²) < 4.78 is 18.9. The van der Waals surface area contributed by atoms with Gasteiger partial charge in [-0.1, -0.05) is 28.1 Å². The number of aryl methyl sites for hydroxylation is 1. The average molecular weight is 352 g/mol. The van der Waals surface area contributed by atoms with Gasteiger partial charge in [-0.25, -0.2) is 4.39 Å². The first-order chi connectivity index (χ1) is 10.0. The van der Waals surface area contributed by atoms with E-state index >= 15 is 0 Å². The maximum Gasteiger partial charge on any atom is 0.306 e. The second kappa shape index (κ2) is 7.22. The van der Waals surface area contributed by atoms with Crippen molar-refractivity contribution in [2.45, 2.75) is 19.4 Å². The minimum Gasteiger partial charge on any atom is -0.461 e. The van der Waals surface area contributed by atoms with Gasteiger partial charge < -0.3 is 10.5 Å². The van der Waals surface area contributed by atoms with E-state index in [-0.39, 0.29) is 24.8 Å². The summed E-state index contributed by atoms with van der Waals surface area (Å²) in [6.45, 7) is 0.0664. The zero-order valence-corrected chi connectivity index (χ0v) is 12.9. The Balaban J connectivity index is 1.80. The molecular formula is C16H15BrFNO2. The molecule has 0 amide bonds. The molecule has 0 spiro atoms. The van der Waals surface area contributed by atoms with Crippen molar-refractivity contribution in [3.05, 3.63) is 63.9 Å². The Bertz CT molecular complexity index is 608. The van der Waals surface area contributed by atoms with Gasteiger partial charge in [-0.05, 0) is 47.9 Å². The average Bonchev–Trinajstić information content (AvgIpc) is 2.43. The summed E-state index contributed by atoms with van der Waals surface area (Å²) in [4.78, 5) is 11.7. The summed E-state index contributed by atoms with van der Waals surface area (Å²) in [6.07, 6.45) is 0.867. The molecule has 21 heavy (non-hydrogen) atoms. The van der Waals surface area contributed by atoms with Crippen molar-refractivity contribution in [1.29, 1.82) is 0 Å². The number of ether oxygens (including phenoxy) is 1. The first-order valence-electron chi connectivity index (χ1n) is 6.48. The van der Waals surface area contributed by atoms with Crippen LogP contribution in [-0.2, 0) is 22.6 Å². The molecule has 0 aliphatic rings. The number of carbonyl (C=O) groups is 1. The Morgan fingerprint density at radius 2 is 1.86 bits per heavy atom. The van der Waals surface area contributed by atoms with E-state index in [4.69, 9.17) is 10.5 Å². The molecule has 0 saturated heterocycles. The van der Waals surface area contributed by atoms with Gasteiger partial charge in [0, 0.05) is 16.6 Å². The van der Waals surface area contributed by atoms with Crippen LogP contribution in [-0.4, -0.2) is 5.97 Å². The molecule has 3 nitrogen and oxygen atoms in total. The molecule has 2 rings (SSSR count). The molecule has 0 aliphatic carbocycles. The summed E-state index contributed by atoms with van der Waals surface area (Å²) in [5.41, 5.74) is 7.92. The highest BCUT2D eigenvalue weighted by molar-refractivity contribution is 9.10. The van der Waals surface area contributed by atoms with Crippen LogP contribution in [0.15, 0.2) is 46.9 Å². The minimum absolute atomic E-state index is 0.0664. The normalized spacial score (nSPS) is 10.4. The third-order valence-corrected chi connectivity index (χ3v) is 3.38. The van der Waals surface area contributed by atoms with Gasteiger partial charge in [0.1, 0.15) is 12.4 Å². The molecule has 0 aromatic heterocycles. The molecule has 0 heterocycles. The maximum atomic E-state index is 13.2. The van der Waals surface area contributed by atoms with Crippen LogP contribution < -0.4 is 5.73 Å². The largest absolute Gasteiger partial charge is 0.461 e. The topological polar surface area (TPSA) is 52.3 Å². The van der Waals surface area contributed by atoms with Gasteiger partial charge in [0.25, 0.3) is 0 Å². The molecule has 110 valence electrons. The molecule has 0 fully saturated rings. The summed E-state index contributed by atoms with van der Waals surface area (Å²) in [7, 11) is 0. The zero-order valence-electron chi connectivity index (χ0n) is 11.3. The SMILES string of the molecule is Nc1ccc(CCC(=O)OCc2cc(F)cc(Br)c2)cc1. The quantitative estimate of drug-likeness (QED) is 0.657. The number of anilines is 1. The number of esters is 1. The van der Waals surface area contributed by atoms with Crippen molar-refractivity contribution >= 4 is 27.6 Å². The van der Waals surface area contributed by atoms with E-state index < -0.39 is 0 Å². The van der Waals surface area contributed by atoms with E-state index in [0.717, 1.165) is 5.56 Å². The fraction of sp³-hybridized carbons (Fsp3) is 0.188. The van der Waals surface area contributed by atoms with Crippen molar-refractivity contribution in [2.24, 2.45) is 0 Å². The summed E-state index contributed by atoms with van der Waals surface area (Å²) in [5, 5.41) is 0. The number of nitrogens with two attached hydrogens (primary N) is 1. The summed E-state index contributed by atoms with van der Waals surface area (Å²) >= 11 is 3.20. The Morgan fingerprint density at radius 1 is 1.14 bits per heavy atom. The minimum atomic E-state index is -0.364. The molecule has 0 atom stereocenters. The summed E-state index contributed by atoms with van der Waals surface area (Å²) in [5.74, 6) is -0.676. The first kappa shape index (κ1) is 15.5. The number of nitrogen functional groups attached to an aromatic ring is 1. The number of carbonyl (C=O) groups excluding carboxylic acids is 1. The van der Waals surface area contributed by atoms with E-state index in [1.165, 1.54) is 12.1 Å². The van der Waals surface area contributed by atoms with E-state index in [2.05, 4.69) is 15.9 Å². The lowest BCUT2D eigenvalue weighted by molar-refractivity contribution is -0.144. The van der Waals surface area contributed by atoms with Gasteiger partial charge in [0.2, 0.25) is 0 Å². The molecule has 0 saturated carbocycles. The molecular weight excluding hydrogens is 337 g/mol. The van der Waals surface area contributed by atoms with E-state index in [9.17, 15) is 9.18 Å². The van der Waals surface area contributed by atoms with Crippen molar-refractivity contribution in [1.82, 2.24) is 0 Å². The number of halogens is 2. The highest BCUT2D eigenvalue weighted by Crippen LogP contribution is 2.16. The Labute approximate surface area is 131 Å². The van der Waals surface area contributed by atoms with Gasteiger partial charge >= 0.3 is 5.97 Å². The fourth-order valence-corrected chi connectivity index (χ4v) is 2.37. The van der Waals surface area contributed by atoms with E-state index in [0.29, 0.717) is 22.1 Å². The van der Waals surface area contributed by atoms with Crippen molar-refractivity contribution in [2.75, 3.05) is 5.73 Å². The smallest absolute Gasteiger partial charge is 0.306 e. The second-order valence-electron chi connectivity index (χ2n) is 4.68. The van der Waals surface area contributed by atoms with Crippen LogP contribution in [0, 0.1) is 5.82 Å². The first-order valence-corrected chi connectivity index (χ1v) is 7.27. The Hall–Kier alpha value is -1.88. The molecule has 0 aliphatic heterocycles. The highest BCUT2D eigenvalue weighted by atomic mass is 79.9. The van der Waals surface area contributed by atoms with Gasteiger partial charge in [-0.2, -0.15) is 0 Å². The van der Waals surface area contributed by atoms with E-state index in [1.807, 2.05) is 12.1 Å². The fourth-order valence-electron chi connectivity index (χ4n) is 1.86. The van der Waals surface area contributed by atoms with Gasteiger partial charge in [-0.15, -0.1) is 0 Å². The third-order valence-electron chi connectivity index (χ3n) is 2.92. The van der Waals surface area contributed by atoms with Gasteiger partial charge in [0.15, 0.2) is 0 Å². The van der Waals surface area contributed by atoms with Gasteiger partial charge in [-0.3, -0.25) is 4.79 Å². The number of rotatable bonds is 5. The van der Waals surface area contributed by atoms with Crippen LogP contribution in [0.5, 0.6) is 0 Å². The molecule has 0 unspecified atom stereocenters. The lowest BCUT2D eigenvalue weighted by atomic mass is 10.1. The van der Waals surface area contributed by atoms with Crippen molar-refractivity contribution < 1.29 is 13.9 Å². The molecule has 0 radical (unpaired) electrons. The van der Waals surface area contributed by atoms with Crippen LogP contribution in [0.3, 0.4) is 0 Å². The van der Waals surface area contributed by atoms with Crippen molar-refractivity contribution in [3.8, 4) is 0 Å². The second-order valence-corrected chi connectivity index (χ2v) is 5.60. The molecule has 2 aromatic carbocycles. The molecule has 5 heteroatoms. The summed E-state index contributed by atoms with van der Waals surface area (Å²) in [6, 6.07) is 11.8. The number of benzene rings is 2. The standard InChI is InChI=1S/C16H15BrFNO2/c17-13-7-12(8-14(18)9-13)10-21-16(20)6-3-11-1-4-15(19)5-2-11/h1-2,4-5,7-9H,3,6,10,19H2. The zero-order chi connectivity index (χ0) is 15.2. The maximum absolute atomic E-state index is 13.2. The molecule has 2 aromatic rings. The van der Waals surface area contributed by atoms with E-state index in [1.54, 1.807) is 18.2 Å². The van der Waals surface area contributed by atoms with Crippen LogP contribution in [0.1, 0.15) is 17.5 Å². The predicted octanol–water partition coefficient (Wildman–Crippen LogP) is 3.85. The number of hydrogen-bond donors (Lipinski definition) is 1. The number of hydrogen-bond acceptors (Lipinski definition) is 3. The monoisotopic (exact) mass is 351 g/mol. The highest BCUT2D eigenvalue weighted by Gasteiger charge is 2.06. The van der Waals surface area contributed by atoms with Crippen LogP contribution in [0.25, 0.3) is 0 Å². The Morgan fingerprint density at radius 3 is 2.52 bits per heavy atom. The van der Waals surface area contributed by atoms with Crippen LogP contribution >= 0.6 is 15.9 Å². The lowest BCUT2D eigenvalue weighted by Crippen LogP contribution is -2.06. The third kappa shape index (κ3) is 5.19.